The number of aromatic nitrogens is 1. The molecule has 2 atom stereocenters. The summed E-state index contributed by atoms with van der Waals surface area (Å²) in [6.45, 7) is 4.56. The minimum atomic E-state index is 0.514. The van der Waals surface area contributed by atoms with Crippen LogP contribution in [0.5, 0.6) is 0 Å². The highest BCUT2D eigenvalue weighted by molar-refractivity contribution is 7.99. The SMILES string of the molecule is CCC(C)SCC(Cc1ccnc2ccccc12)NC. The van der Waals surface area contributed by atoms with Gasteiger partial charge in [0, 0.05) is 28.6 Å². The predicted molar refractivity (Wildman–Crippen MR) is 90.5 cm³/mol. The van der Waals surface area contributed by atoms with Crippen molar-refractivity contribution in [2.45, 2.75) is 38.0 Å². The molecule has 2 rings (SSSR count). The van der Waals surface area contributed by atoms with E-state index in [0.717, 1.165) is 22.9 Å². The zero-order valence-corrected chi connectivity index (χ0v) is 13.4. The fourth-order valence-electron chi connectivity index (χ4n) is 2.24. The topological polar surface area (TPSA) is 24.9 Å². The number of rotatable bonds is 7. The number of nitrogens with one attached hydrogen (secondary N) is 1. The molecular weight excluding hydrogens is 264 g/mol. The maximum atomic E-state index is 4.44. The summed E-state index contributed by atoms with van der Waals surface area (Å²) < 4.78 is 0. The molecule has 0 spiro atoms. The molecule has 3 heteroatoms. The summed E-state index contributed by atoms with van der Waals surface area (Å²) in [5.74, 6) is 1.15. The van der Waals surface area contributed by atoms with Crippen molar-refractivity contribution in [3.8, 4) is 0 Å². The third-order valence-electron chi connectivity index (χ3n) is 3.77. The molecule has 1 heterocycles. The Morgan fingerprint density at radius 2 is 2.05 bits per heavy atom. The molecule has 2 aromatic rings. The van der Waals surface area contributed by atoms with E-state index < -0.39 is 0 Å². The molecule has 0 aliphatic carbocycles. The van der Waals surface area contributed by atoms with Crippen LogP contribution in [0.3, 0.4) is 0 Å². The highest BCUT2D eigenvalue weighted by atomic mass is 32.2. The van der Waals surface area contributed by atoms with Gasteiger partial charge in [-0.15, -0.1) is 0 Å². The highest BCUT2D eigenvalue weighted by Crippen LogP contribution is 2.20. The van der Waals surface area contributed by atoms with E-state index in [2.05, 4.69) is 67.2 Å². The van der Waals surface area contributed by atoms with Crippen molar-refractivity contribution in [1.82, 2.24) is 10.3 Å². The Bertz CT molecular complexity index is 536. The van der Waals surface area contributed by atoms with Gasteiger partial charge in [-0.3, -0.25) is 4.98 Å². The average Bonchev–Trinajstić information content (AvgIpc) is 2.51. The second-order valence-corrected chi connectivity index (χ2v) is 6.70. The number of nitrogens with zero attached hydrogens (tertiary/aromatic N) is 1. The van der Waals surface area contributed by atoms with Crippen LogP contribution in [0.25, 0.3) is 10.9 Å². The number of thioether (sulfide) groups is 1. The van der Waals surface area contributed by atoms with Gasteiger partial charge in [0.2, 0.25) is 0 Å². The molecular formula is C17H24N2S. The Balaban J connectivity index is 2.09. The maximum absolute atomic E-state index is 4.44. The van der Waals surface area contributed by atoms with Gasteiger partial charge in [0.15, 0.2) is 0 Å². The van der Waals surface area contributed by atoms with Gasteiger partial charge in [0.1, 0.15) is 0 Å². The van der Waals surface area contributed by atoms with Gasteiger partial charge < -0.3 is 5.32 Å². The van der Waals surface area contributed by atoms with E-state index in [9.17, 15) is 0 Å². The Hall–Kier alpha value is -1.06. The molecule has 108 valence electrons. The molecule has 0 aliphatic heterocycles. The summed E-state index contributed by atoms with van der Waals surface area (Å²) in [6, 6.07) is 11.1. The van der Waals surface area contributed by atoms with Crippen LogP contribution in [-0.2, 0) is 6.42 Å². The van der Waals surface area contributed by atoms with E-state index in [1.54, 1.807) is 0 Å². The van der Waals surface area contributed by atoms with Crippen LogP contribution in [0.4, 0.5) is 0 Å². The Kier molecular flexibility index (Phi) is 5.86. The van der Waals surface area contributed by atoms with Crippen molar-refractivity contribution in [3.63, 3.8) is 0 Å². The summed E-state index contributed by atoms with van der Waals surface area (Å²) in [7, 11) is 2.06. The minimum absolute atomic E-state index is 0.514. The van der Waals surface area contributed by atoms with Crippen molar-refractivity contribution in [2.24, 2.45) is 0 Å². The van der Waals surface area contributed by atoms with Crippen molar-refractivity contribution >= 4 is 22.7 Å². The largest absolute Gasteiger partial charge is 0.316 e. The Labute approximate surface area is 126 Å². The summed E-state index contributed by atoms with van der Waals surface area (Å²) >= 11 is 2.06. The van der Waals surface area contributed by atoms with E-state index in [-0.39, 0.29) is 0 Å². The van der Waals surface area contributed by atoms with Gasteiger partial charge in [0.25, 0.3) is 0 Å². The summed E-state index contributed by atoms with van der Waals surface area (Å²) in [4.78, 5) is 4.44. The number of fused-ring (bicyclic) bond motifs is 1. The number of likely N-dealkylation sites (N-methyl/N-ethyl adjacent to an activating group) is 1. The monoisotopic (exact) mass is 288 g/mol. The minimum Gasteiger partial charge on any atom is -0.316 e. The molecule has 1 N–H and O–H groups in total. The Morgan fingerprint density at radius 3 is 2.80 bits per heavy atom. The van der Waals surface area contributed by atoms with Gasteiger partial charge in [-0.05, 0) is 37.6 Å². The zero-order valence-electron chi connectivity index (χ0n) is 12.6. The van der Waals surface area contributed by atoms with E-state index in [0.29, 0.717) is 6.04 Å². The molecule has 0 fully saturated rings. The van der Waals surface area contributed by atoms with Gasteiger partial charge in [-0.1, -0.05) is 32.0 Å². The maximum Gasteiger partial charge on any atom is 0.0704 e. The molecule has 0 saturated heterocycles. The summed E-state index contributed by atoms with van der Waals surface area (Å²) in [5, 5.41) is 5.47. The third-order valence-corrected chi connectivity index (χ3v) is 5.27. The number of para-hydroxylation sites is 1. The lowest BCUT2D eigenvalue weighted by Crippen LogP contribution is -2.30. The number of pyridine rings is 1. The van der Waals surface area contributed by atoms with Crippen LogP contribution in [0.1, 0.15) is 25.8 Å². The molecule has 1 aromatic carbocycles. The smallest absolute Gasteiger partial charge is 0.0704 e. The lowest BCUT2D eigenvalue weighted by atomic mass is 10.0. The van der Waals surface area contributed by atoms with Gasteiger partial charge in [-0.25, -0.2) is 0 Å². The Morgan fingerprint density at radius 1 is 1.25 bits per heavy atom. The molecule has 1 aromatic heterocycles. The van der Waals surface area contributed by atoms with E-state index in [1.807, 2.05) is 12.3 Å². The first-order valence-corrected chi connectivity index (χ1v) is 8.41. The first-order chi connectivity index (χ1) is 9.74. The normalized spacial score (nSPS) is 14.3. The van der Waals surface area contributed by atoms with E-state index in [4.69, 9.17) is 0 Å². The van der Waals surface area contributed by atoms with E-state index >= 15 is 0 Å². The van der Waals surface area contributed by atoms with Crippen LogP contribution in [0, 0.1) is 0 Å². The zero-order chi connectivity index (χ0) is 14.4. The molecule has 0 amide bonds. The van der Waals surface area contributed by atoms with Gasteiger partial charge in [-0.2, -0.15) is 11.8 Å². The van der Waals surface area contributed by atoms with Crippen LogP contribution >= 0.6 is 11.8 Å². The van der Waals surface area contributed by atoms with Crippen molar-refractivity contribution in [3.05, 3.63) is 42.1 Å². The molecule has 0 radical (unpaired) electrons. The second kappa shape index (κ2) is 7.65. The van der Waals surface area contributed by atoms with Gasteiger partial charge >= 0.3 is 0 Å². The van der Waals surface area contributed by atoms with Crippen molar-refractivity contribution in [1.29, 1.82) is 0 Å². The van der Waals surface area contributed by atoms with Crippen LogP contribution in [-0.4, -0.2) is 29.1 Å². The lowest BCUT2D eigenvalue weighted by molar-refractivity contribution is 0.617. The van der Waals surface area contributed by atoms with Crippen molar-refractivity contribution < 1.29 is 0 Å². The van der Waals surface area contributed by atoms with Crippen LogP contribution in [0.15, 0.2) is 36.5 Å². The first-order valence-electron chi connectivity index (χ1n) is 7.36. The van der Waals surface area contributed by atoms with E-state index in [1.165, 1.54) is 17.4 Å². The molecule has 2 nitrogen and oxygen atoms in total. The molecule has 0 bridgehead atoms. The molecule has 20 heavy (non-hydrogen) atoms. The molecule has 2 unspecified atom stereocenters. The second-order valence-electron chi connectivity index (χ2n) is 5.23. The van der Waals surface area contributed by atoms with Crippen LogP contribution < -0.4 is 5.32 Å². The fourth-order valence-corrected chi connectivity index (χ4v) is 3.32. The van der Waals surface area contributed by atoms with Crippen LogP contribution in [0.2, 0.25) is 0 Å². The van der Waals surface area contributed by atoms with Gasteiger partial charge in [0.05, 0.1) is 5.52 Å². The third kappa shape index (κ3) is 3.97. The quantitative estimate of drug-likeness (QED) is 0.836. The number of hydrogen-bond donors (Lipinski definition) is 1. The standard InChI is InChI=1S/C17H24N2S/c1-4-13(2)20-12-15(18-3)11-14-9-10-19-17-8-6-5-7-16(14)17/h5-10,13,15,18H,4,11-12H2,1-3H3. The molecule has 0 saturated carbocycles. The number of benzene rings is 1. The predicted octanol–water partition coefficient (Wildman–Crippen LogP) is 3.90. The number of hydrogen-bond acceptors (Lipinski definition) is 3. The lowest BCUT2D eigenvalue weighted by Gasteiger charge is -2.19. The highest BCUT2D eigenvalue weighted by Gasteiger charge is 2.11. The van der Waals surface area contributed by atoms with Crippen molar-refractivity contribution in [2.75, 3.05) is 12.8 Å². The summed E-state index contributed by atoms with van der Waals surface area (Å²) in [5.41, 5.74) is 2.48. The summed E-state index contributed by atoms with van der Waals surface area (Å²) in [6.07, 6.45) is 4.22. The average molecular weight is 288 g/mol. The molecule has 0 aliphatic rings. The first kappa shape index (κ1) is 15.3. The fraction of sp³-hybridized carbons (Fsp3) is 0.471.